The van der Waals surface area contributed by atoms with Crippen LogP contribution in [0.15, 0.2) is 0 Å². The largest absolute Gasteiger partial charge is 0.462 e. The number of anilines is 1. The molecule has 0 unspecified atom stereocenters. The van der Waals surface area contributed by atoms with Crippen LogP contribution in [-0.2, 0) is 9.53 Å². The quantitative estimate of drug-likeness (QED) is 0.722. The Morgan fingerprint density at radius 2 is 2.04 bits per heavy atom. The predicted octanol–water partition coefficient (Wildman–Crippen LogP) is 1.70. The fourth-order valence-corrected chi connectivity index (χ4v) is 4.27. The van der Waals surface area contributed by atoms with Gasteiger partial charge in [-0.3, -0.25) is 14.4 Å². The molecule has 8 nitrogen and oxygen atoms in total. The topological polar surface area (TPSA) is 105 Å². The SMILES string of the molecule is CCOC(=O)c1c(NC(=O)CN2CCSC2=O)sc(C(=O)NC)c1C. The number of carbonyl (C=O) groups is 4. The molecule has 2 N–H and O–H groups in total. The van der Waals surface area contributed by atoms with Gasteiger partial charge in [-0.2, -0.15) is 0 Å². The van der Waals surface area contributed by atoms with Gasteiger partial charge in [0, 0.05) is 19.3 Å². The van der Waals surface area contributed by atoms with Gasteiger partial charge in [0.25, 0.3) is 11.1 Å². The number of carbonyl (C=O) groups excluding carboxylic acids is 4. The molecule has 0 radical (unpaired) electrons. The summed E-state index contributed by atoms with van der Waals surface area (Å²) in [6.45, 7) is 3.89. The van der Waals surface area contributed by atoms with Crippen LogP contribution in [0.25, 0.3) is 0 Å². The second-order valence-corrected chi connectivity index (χ2v) is 7.21. The number of nitrogens with one attached hydrogen (secondary N) is 2. The number of thioether (sulfide) groups is 1. The lowest BCUT2D eigenvalue weighted by Crippen LogP contribution is -2.33. The van der Waals surface area contributed by atoms with Gasteiger partial charge in [-0.15, -0.1) is 11.3 Å². The summed E-state index contributed by atoms with van der Waals surface area (Å²) in [5.41, 5.74) is 0.617. The molecule has 0 aromatic carbocycles. The van der Waals surface area contributed by atoms with E-state index < -0.39 is 11.9 Å². The molecular formula is C15H19N3O5S2. The molecule has 1 aromatic rings. The molecule has 25 heavy (non-hydrogen) atoms. The molecule has 0 atom stereocenters. The number of rotatable bonds is 6. The van der Waals surface area contributed by atoms with Crippen LogP contribution in [0, 0.1) is 6.92 Å². The fourth-order valence-electron chi connectivity index (χ4n) is 2.29. The van der Waals surface area contributed by atoms with Crippen molar-refractivity contribution in [1.82, 2.24) is 10.2 Å². The molecule has 0 aliphatic carbocycles. The van der Waals surface area contributed by atoms with Gasteiger partial charge < -0.3 is 20.3 Å². The van der Waals surface area contributed by atoms with E-state index in [1.54, 1.807) is 13.8 Å². The summed E-state index contributed by atoms with van der Waals surface area (Å²) in [6, 6.07) is 0. The van der Waals surface area contributed by atoms with E-state index in [9.17, 15) is 19.2 Å². The van der Waals surface area contributed by atoms with Gasteiger partial charge in [-0.25, -0.2) is 4.79 Å². The summed E-state index contributed by atoms with van der Waals surface area (Å²) >= 11 is 2.17. The average Bonchev–Trinajstić information content (AvgIpc) is 3.10. The van der Waals surface area contributed by atoms with Gasteiger partial charge in [0.1, 0.15) is 11.5 Å². The smallest absolute Gasteiger partial charge is 0.341 e. The molecule has 1 aromatic heterocycles. The van der Waals surface area contributed by atoms with Gasteiger partial charge in [0.2, 0.25) is 5.91 Å². The summed E-state index contributed by atoms with van der Waals surface area (Å²) in [5, 5.41) is 5.24. The van der Waals surface area contributed by atoms with Crippen LogP contribution in [0.1, 0.15) is 32.5 Å². The first-order valence-corrected chi connectivity index (χ1v) is 9.43. The number of ether oxygens (including phenoxy) is 1. The minimum absolute atomic E-state index is 0.0969. The van der Waals surface area contributed by atoms with Gasteiger partial charge in [-0.1, -0.05) is 11.8 Å². The maximum absolute atomic E-state index is 12.2. The molecule has 3 amide bonds. The standard InChI is InChI=1S/C15H19N3O5S2/c1-4-23-14(21)10-8(2)11(12(20)16-3)25-13(10)17-9(19)7-18-5-6-24-15(18)22/h4-7H2,1-3H3,(H,16,20)(H,17,19). The van der Waals surface area contributed by atoms with Gasteiger partial charge in [0.05, 0.1) is 17.0 Å². The Kier molecular flexibility index (Phi) is 6.43. The second kappa shape index (κ2) is 8.34. The van der Waals surface area contributed by atoms with Crippen molar-refractivity contribution in [2.75, 3.05) is 37.8 Å². The number of thiophene rings is 1. The summed E-state index contributed by atoms with van der Waals surface area (Å²) < 4.78 is 5.03. The summed E-state index contributed by atoms with van der Waals surface area (Å²) in [7, 11) is 1.49. The first-order valence-electron chi connectivity index (χ1n) is 7.63. The van der Waals surface area contributed by atoms with E-state index in [0.29, 0.717) is 22.7 Å². The van der Waals surface area contributed by atoms with Gasteiger partial charge in [0.15, 0.2) is 0 Å². The zero-order valence-corrected chi connectivity index (χ0v) is 15.8. The number of nitrogens with zero attached hydrogens (tertiary/aromatic N) is 1. The summed E-state index contributed by atoms with van der Waals surface area (Å²) in [4.78, 5) is 49.8. The highest BCUT2D eigenvalue weighted by molar-refractivity contribution is 8.13. The van der Waals surface area contributed by atoms with Crippen LogP contribution >= 0.6 is 23.1 Å². The van der Waals surface area contributed by atoms with Crippen LogP contribution in [0.5, 0.6) is 0 Å². The molecule has 2 heterocycles. The highest BCUT2D eigenvalue weighted by atomic mass is 32.2. The molecule has 2 rings (SSSR count). The normalized spacial score (nSPS) is 13.7. The lowest BCUT2D eigenvalue weighted by Gasteiger charge is -2.14. The highest BCUT2D eigenvalue weighted by Gasteiger charge is 2.28. The molecule has 10 heteroatoms. The molecule has 1 aliphatic rings. The zero-order chi connectivity index (χ0) is 18.6. The summed E-state index contributed by atoms with van der Waals surface area (Å²) in [5.74, 6) is -0.723. The van der Waals surface area contributed by atoms with E-state index in [-0.39, 0.29) is 34.9 Å². The van der Waals surface area contributed by atoms with E-state index in [4.69, 9.17) is 4.74 Å². The predicted molar refractivity (Wildman–Crippen MR) is 96.5 cm³/mol. The van der Waals surface area contributed by atoms with Crippen molar-refractivity contribution in [2.24, 2.45) is 0 Å². The Labute approximate surface area is 153 Å². The van der Waals surface area contributed by atoms with Crippen LogP contribution in [0.2, 0.25) is 0 Å². The van der Waals surface area contributed by atoms with E-state index >= 15 is 0 Å². The van der Waals surface area contributed by atoms with Crippen molar-refractivity contribution in [3.05, 3.63) is 16.0 Å². The van der Waals surface area contributed by atoms with E-state index in [1.807, 2.05) is 0 Å². The molecule has 0 bridgehead atoms. The van der Waals surface area contributed by atoms with Crippen molar-refractivity contribution >= 4 is 51.1 Å². The molecular weight excluding hydrogens is 366 g/mol. The van der Waals surface area contributed by atoms with E-state index in [2.05, 4.69) is 10.6 Å². The van der Waals surface area contributed by atoms with Crippen LogP contribution in [0.4, 0.5) is 9.80 Å². The minimum atomic E-state index is -0.602. The third kappa shape index (κ3) is 4.31. The first kappa shape index (κ1) is 19.3. The van der Waals surface area contributed by atoms with E-state index in [0.717, 1.165) is 23.1 Å². The Balaban J connectivity index is 2.25. The third-order valence-electron chi connectivity index (χ3n) is 3.49. The third-order valence-corrected chi connectivity index (χ3v) is 5.59. The molecule has 0 saturated carbocycles. The maximum Gasteiger partial charge on any atom is 0.341 e. The lowest BCUT2D eigenvalue weighted by molar-refractivity contribution is -0.116. The number of hydrogen-bond acceptors (Lipinski definition) is 7. The van der Waals surface area contributed by atoms with Gasteiger partial charge in [-0.05, 0) is 19.4 Å². The van der Waals surface area contributed by atoms with Crippen molar-refractivity contribution < 1.29 is 23.9 Å². The number of amides is 3. The van der Waals surface area contributed by atoms with Crippen LogP contribution < -0.4 is 10.6 Å². The minimum Gasteiger partial charge on any atom is -0.462 e. The zero-order valence-electron chi connectivity index (χ0n) is 14.1. The van der Waals surface area contributed by atoms with Crippen molar-refractivity contribution in [3.8, 4) is 0 Å². The number of hydrogen-bond donors (Lipinski definition) is 2. The maximum atomic E-state index is 12.2. The Bertz CT molecular complexity index is 716. The molecule has 1 saturated heterocycles. The van der Waals surface area contributed by atoms with Crippen LogP contribution in [0.3, 0.4) is 0 Å². The molecule has 0 spiro atoms. The molecule has 1 aliphatic heterocycles. The average molecular weight is 385 g/mol. The number of esters is 1. The first-order chi connectivity index (χ1) is 11.9. The molecule has 136 valence electrons. The fraction of sp³-hybridized carbons (Fsp3) is 0.467. The summed E-state index contributed by atoms with van der Waals surface area (Å²) in [6.07, 6.45) is 0. The lowest BCUT2D eigenvalue weighted by atomic mass is 10.1. The Morgan fingerprint density at radius 1 is 1.32 bits per heavy atom. The molecule has 1 fully saturated rings. The van der Waals surface area contributed by atoms with Crippen molar-refractivity contribution in [1.29, 1.82) is 0 Å². The van der Waals surface area contributed by atoms with Gasteiger partial charge >= 0.3 is 5.97 Å². The monoisotopic (exact) mass is 385 g/mol. The van der Waals surface area contributed by atoms with Crippen molar-refractivity contribution in [3.63, 3.8) is 0 Å². The highest BCUT2D eigenvalue weighted by Crippen LogP contribution is 2.33. The van der Waals surface area contributed by atoms with Crippen molar-refractivity contribution in [2.45, 2.75) is 13.8 Å². The van der Waals surface area contributed by atoms with Crippen LogP contribution in [-0.4, -0.2) is 60.4 Å². The van der Waals surface area contributed by atoms with E-state index in [1.165, 1.54) is 11.9 Å². The second-order valence-electron chi connectivity index (χ2n) is 5.14. The Hall–Kier alpha value is -2.07. The Morgan fingerprint density at radius 3 is 2.60 bits per heavy atom.